The molecule has 0 bridgehead atoms. The molecule has 0 atom stereocenters. The quantitative estimate of drug-likeness (QED) is 0.407. The molecule has 2 aliphatic rings. The van der Waals surface area contributed by atoms with Crippen LogP contribution in [0.15, 0.2) is 72.3 Å². The normalized spacial score (nSPS) is 15.8. The molecule has 1 N–H and O–H groups in total. The number of nitrogens with zero attached hydrogens (tertiary/aromatic N) is 1. The van der Waals surface area contributed by atoms with Crippen molar-refractivity contribution in [1.82, 2.24) is 4.57 Å². The Kier molecular flexibility index (Phi) is 5.03. The first kappa shape index (κ1) is 22.0. The summed E-state index contributed by atoms with van der Waals surface area (Å²) < 4.78 is 26.9. The summed E-state index contributed by atoms with van der Waals surface area (Å²) in [6.07, 6.45) is 4.85. The molecule has 178 valence electrons. The van der Waals surface area contributed by atoms with Gasteiger partial charge < -0.3 is 14.3 Å². The molecule has 1 spiro atoms. The fourth-order valence-corrected chi connectivity index (χ4v) is 6.46. The predicted octanol–water partition coefficient (Wildman–Crippen LogP) is 5.51. The van der Waals surface area contributed by atoms with Crippen molar-refractivity contribution in [3.05, 3.63) is 86.4 Å². The minimum Gasteiger partial charge on any atom is -0.505 e. The van der Waals surface area contributed by atoms with Crippen molar-refractivity contribution in [3.63, 3.8) is 0 Å². The molecular weight excluding hydrogens is 469 g/mol. The Balaban J connectivity index is 1.63. The lowest BCUT2D eigenvalue weighted by atomic mass is 9.68. The van der Waals surface area contributed by atoms with Crippen LogP contribution in [0.1, 0.15) is 43.4 Å². The molecule has 1 fully saturated rings. The van der Waals surface area contributed by atoms with E-state index in [-0.39, 0.29) is 20.8 Å². The van der Waals surface area contributed by atoms with E-state index in [9.17, 15) is 19.1 Å². The Hall–Kier alpha value is -3.52. The maximum Gasteiger partial charge on any atom is 0.354 e. The van der Waals surface area contributed by atoms with Crippen LogP contribution in [-0.2, 0) is 5.41 Å². The first-order valence-electron chi connectivity index (χ1n) is 11.5. The highest BCUT2D eigenvalue weighted by molar-refractivity contribution is 7.99. The number of pyridine rings is 1. The molecule has 2 aromatic heterocycles. The fourth-order valence-electron chi connectivity index (χ4n) is 5.60. The highest BCUT2D eigenvalue weighted by Crippen LogP contribution is 2.52. The molecule has 8 heteroatoms. The van der Waals surface area contributed by atoms with Gasteiger partial charge in [0.25, 0.3) is 5.56 Å². The van der Waals surface area contributed by atoms with E-state index < -0.39 is 28.2 Å². The second kappa shape index (κ2) is 8.02. The molecule has 35 heavy (non-hydrogen) atoms. The molecule has 1 aliphatic carbocycles. The van der Waals surface area contributed by atoms with Crippen LogP contribution in [0.4, 0.5) is 4.39 Å². The minimum atomic E-state index is -0.817. The van der Waals surface area contributed by atoms with Crippen molar-refractivity contribution in [2.24, 2.45) is 0 Å². The summed E-state index contributed by atoms with van der Waals surface area (Å²) >= 11 is 0.740. The average molecular weight is 492 g/mol. The second-order valence-electron chi connectivity index (χ2n) is 9.03. The lowest BCUT2D eigenvalue weighted by molar-refractivity contribution is 0.344. The van der Waals surface area contributed by atoms with Crippen LogP contribution < -0.4 is 15.9 Å². The van der Waals surface area contributed by atoms with Gasteiger partial charge in [-0.15, -0.1) is 0 Å². The number of aromatic nitrogens is 1. The van der Waals surface area contributed by atoms with E-state index in [2.05, 4.69) is 0 Å². The molecule has 2 aromatic carbocycles. The second-order valence-corrected chi connectivity index (χ2v) is 10.1. The zero-order valence-corrected chi connectivity index (χ0v) is 19.8. The number of rotatable bonds is 3. The van der Waals surface area contributed by atoms with Gasteiger partial charge in [0.05, 0.1) is 12.8 Å². The number of benzene rings is 2. The Labute approximate surface area is 204 Å². The maximum absolute atomic E-state index is 14.2. The van der Waals surface area contributed by atoms with Gasteiger partial charge in [0.1, 0.15) is 27.4 Å². The number of methoxy groups -OCH3 is 1. The molecule has 1 saturated carbocycles. The summed E-state index contributed by atoms with van der Waals surface area (Å²) in [5.74, 6) is -0.328. The van der Waals surface area contributed by atoms with Gasteiger partial charge in [-0.3, -0.25) is 9.36 Å². The predicted molar refractivity (Wildman–Crippen MR) is 131 cm³/mol. The van der Waals surface area contributed by atoms with E-state index in [1.807, 2.05) is 18.2 Å². The van der Waals surface area contributed by atoms with Gasteiger partial charge in [0.2, 0.25) is 0 Å². The largest absolute Gasteiger partial charge is 0.505 e. The Bertz CT molecular complexity index is 1620. The van der Waals surface area contributed by atoms with E-state index in [0.29, 0.717) is 5.75 Å². The summed E-state index contributed by atoms with van der Waals surface area (Å²) in [4.78, 5) is 26.7. The lowest BCUT2D eigenvalue weighted by Gasteiger charge is -2.34. The molecular formula is C27H22FNO5S. The molecule has 0 saturated heterocycles. The monoisotopic (exact) mass is 491 g/mol. The van der Waals surface area contributed by atoms with E-state index in [1.54, 1.807) is 23.8 Å². The van der Waals surface area contributed by atoms with Gasteiger partial charge in [-0.1, -0.05) is 43.2 Å². The molecule has 0 radical (unpaired) electrons. The highest BCUT2D eigenvalue weighted by atomic mass is 32.2. The van der Waals surface area contributed by atoms with Crippen LogP contribution in [0.3, 0.4) is 0 Å². The van der Waals surface area contributed by atoms with Crippen molar-refractivity contribution < 1.29 is 18.7 Å². The first-order chi connectivity index (χ1) is 16.9. The smallest absolute Gasteiger partial charge is 0.354 e. The molecule has 3 heterocycles. The van der Waals surface area contributed by atoms with Crippen molar-refractivity contribution in [3.8, 4) is 17.2 Å². The summed E-state index contributed by atoms with van der Waals surface area (Å²) in [5.41, 5.74) is 0.853. The van der Waals surface area contributed by atoms with Gasteiger partial charge in [0.15, 0.2) is 5.75 Å². The number of halogens is 1. The Morgan fingerprint density at radius 2 is 1.86 bits per heavy atom. The van der Waals surface area contributed by atoms with Gasteiger partial charge in [-0.25, -0.2) is 9.18 Å². The number of hydrogen-bond donors (Lipinski definition) is 1. The number of aromatic hydroxyl groups is 1. The van der Waals surface area contributed by atoms with E-state index in [4.69, 9.17) is 9.15 Å². The van der Waals surface area contributed by atoms with Crippen LogP contribution in [0, 0.1) is 5.82 Å². The van der Waals surface area contributed by atoms with Crippen LogP contribution in [0.5, 0.6) is 11.5 Å². The van der Waals surface area contributed by atoms with E-state index >= 15 is 0 Å². The van der Waals surface area contributed by atoms with Crippen LogP contribution in [-0.4, -0.2) is 16.8 Å². The van der Waals surface area contributed by atoms with Gasteiger partial charge >= 0.3 is 5.63 Å². The third kappa shape index (κ3) is 3.16. The van der Waals surface area contributed by atoms with Gasteiger partial charge in [-0.2, -0.15) is 0 Å². The van der Waals surface area contributed by atoms with E-state index in [1.165, 1.54) is 18.2 Å². The standard InChI is InChI=1S/C27H22FNO5S/c1-33-15-9-10-18-16(13-15)27(11-5-2-6-12-27)21-14-19-22(25(31)29(18)21)23(30)24(26(32)34-19)35-20-8-4-3-7-17(20)28/h3-4,7-10,13-14,30H,2,5-6,11-12H2,1H3. The van der Waals surface area contributed by atoms with Crippen molar-refractivity contribution in [2.75, 3.05) is 7.11 Å². The van der Waals surface area contributed by atoms with Gasteiger partial charge in [-0.05, 0) is 48.7 Å². The summed E-state index contributed by atoms with van der Waals surface area (Å²) in [5, 5.41) is 11.0. The van der Waals surface area contributed by atoms with Crippen LogP contribution in [0.25, 0.3) is 16.7 Å². The average Bonchev–Trinajstić information content (AvgIpc) is 3.11. The summed E-state index contributed by atoms with van der Waals surface area (Å²) in [7, 11) is 1.61. The van der Waals surface area contributed by atoms with Crippen molar-refractivity contribution in [1.29, 1.82) is 0 Å². The molecule has 0 amide bonds. The number of hydrogen-bond acceptors (Lipinski definition) is 6. The fraction of sp³-hybridized carbons (Fsp3) is 0.259. The molecule has 6 nitrogen and oxygen atoms in total. The SMILES string of the molecule is COc1ccc2c(c1)C1(CCCCC1)c1cc3oc(=O)c(Sc4ccccc4F)c(O)c3c(=O)n1-2. The van der Waals surface area contributed by atoms with Crippen LogP contribution >= 0.6 is 11.8 Å². The van der Waals surface area contributed by atoms with Crippen molar-refractivity contribution >= 4 is 22.7 Å². The molecule has 4 aromatic rings. The third-order valence-electron chi connectivity index (χ3n) is 7.22. The molecule has 0 unspecified atom stereocenters. The minimum absolute atomic E-state index is 0.0337. The first-order valence-corrected chi connectivity index (χ1v) is 12.3. The van der Waals surface area contributed by atoms with E-state index in [0.717, 1.165) is 60.8 Å². The van der Waals surface area contributed by atoms with Crippen molar-refractivity contribution in [2.45, 2.75) is 47.3 Å². The lowest BCUT2D eigenvalue weighted by Crippen LogP contribution is -2.31. The topological polar surface area (TPSA) is 81.7 Å². The molecule has 1 aliphatic heterocycles. The summed E-state index contributed by atoms with van der Waals surface area (Å²) in [6.45, 7) is 0. The Morgan fingerprint density at radius 3 is 2.60 bits per heavy atom. The number of ether oxygens (including phenoxy) is 1. The highest BCUT2D eigenvalue weighted by Gasteiger charge is 2.46. The Morgan fingerprint density at radius 1 is 1.09 bits per heavy atom. The van der Waals surface area contributed by atoms with Gasteiger partial charge in [0, 0.05) is 22.1 Å². The molecule has 6 rings (SSSR count). The zero-order valence-electron chi connectivity index (χ0n) is 19.0. The maximum atomic E-state index is 14.2. The number of fused-ring (bicyclic) bond motifs is 6. The zero-order chi connectivity index (χ0) is 24.3. The summed E-state index contributed by atoms with van der Waals surface area (Å²) in [6, 6.07) is 13.3. The van der Waals surface area contributed by atoms with Crippen LogP contribution in [0.2, 0.25) is 0 Å². The third-order valence-corrected chi connectivity index (χ3v) is 8.33.